The highest BCUT2D eigenvalue weighted by atomic mass is 16.4. The molecule has 7 nitrogen and oxygen atoms in total. The van der Waals surface area contributed by atoms with Crippen LogP contribution in [-0.4, -0.2) is 56.8 Å². The van der Waals surface area contributed by atoms with Gasteiger partial charge in [0.1, 0.15) is 0 Å². The molecule has 1 saturated heterocycles. The van der Waals surface area contributed by atoms with Crippen LogP contribution in [0.2, 0.25) is 0 Å². The summed E-state index contributed by atoms with van der Waals surface area (Å²) in [4.78, 5) is 26.5. The number of piperidine rings is 1. The Labute approximate surface area is 124 Å². The molecule has 2 rings (SSSR count). The van der Waals surface area contributed by atoms with E-state index in [0.717, 1.165) is 18.4 Å². The molecule has 0 aliphatic carbocycles. The third-order valence-corrected chi connectivity index (χ3v) is 3.85. The summed E-state index contributed by atoms with van der Waals surface area (Å²) in [6.07, 6.45) is 5.37. The summed E-state index contributed by atoms with van der Waals surface area (Å²) < 4.78 is 1.71. The third kappa shape index (κ3) is 4.21. The molecule has 21 heavy (non-hydrogen) atoms. The van der Waals surface area contributed by atoms with E-state index in [1.807, 2.05) is 13.2 Å². The first kappa shape index (κ1) is 15.3. The predicted molar refractivity (Wildman–Crippen MR) is 76.6 cm³/mol. The monoisotopic (exact) mass is 294 g/mol. The highest BCUT2D eigenvalue weighted by Crippen LogP contribution is 2.21. The van der Waals surface area contributed by atoms with Crippen molar-refractivity contribution < 1.29 is 14.7 Å². The third-order valence-electron chi connectivity index (χ3n) is 3.85. The maximum Gasteiger partial charge on any atom is 0.320 e. The van der Waals surface area contributed by atoms with Crippen LogP contribution in [0.25, 0.3) is 0 Å². The maximum atomic E-state index is 12.3. The molecular weight excluding hydrogens is 272 g/mol. The Balaban J connectivity index is 1.82. The fourth-order valence-electron chi connectivity index (χ4n) is 2.71. The van der Waals surface area contributed by atoms with Gasteiger partial charge in [0.05, 0.1) is 12.7 Å². The molecule has 1 aromatic heterocycles. The molecule has 0 spiro atoms. The normalized spacial score (nSPS) is 16.0. The Morgan fingerprint density at radius 3 is 2.62 bits per heavy atom. The molecule has 0 atom stereocenters. The van der Waals surface area contributed by atoms with E-state index in [2.05, 4.69) is 5.10 Å². The van der Waals surface area contributed by atoms with Crippen LogP contribution in [0.15, 0.2) is 12.4 Å². The first-order valence-electron chi connectivity index (χ1n) is 7.15. The second kappa shape index (κ2) is 6.60. The lowest BCUT2D eigenvalue weighted by Gasteiger charge is -2.34. The van der Waals surface area contributed by atoms with E-state index >= 15 is 0 Å². The van der Waals surface area contributed by atoms with E-state index in [4.69, 9.17) is 5.11 Å². The number of carboxylic acid groups (broad SMARTS) is 1. The van der Waals surface area contributed by atoms with Crippen LogP contribution >= 0.6 is 0 Å². The van der Waals surface area contributed by atoms with Gasteiger partial charge in [-0.2, -0.15) is 5.10 Å². The number of urea groups is 1. The number of amides is 2. The molecule has 2 amide bonds. The summed E-state index contributed by atoms with van der Waals surface area (Å²) >= 11 is 0. The van der Waals surface area contributed by atoms with Gasteiger partial charge in [0.2, 0.25) is 0 Å². The number of carbonyl (C=O) groups is 2. The number of carboxylic acids is 1. The Kier molecular flexibility index (Phi) is 4.82. The fraction of sp³-hybridized carbons (Fsp3) is 0.643. The van der Waals surface area contributed by atoms with Gasteiger partial charge >= 0.3 is 12.0 Å². The molecule has 0 bridgehead atoms. The molecule has 1 aliphatic heterocycles. The standard InChI is InChI=1S/C14H22N4O3/c1-16(9-12-8-15-17(2)10-12)14(21)18-5-3-11(4-6-18)7-13(19)20/h8,10-11H,3-7,9H2,1-2H3,(H,19,20). The lowest BCUT2D eigenvalue weighted by molar-refractivity contribution is -0.138. The lowest BCUT2D eigenvalue weighted by atomic mass is 9.94. The Morgan fingerprint density at radius 1 is 1.43 bits per heavy atom. The number of hydrogen-bond donors (Lipinski definition) is 1. The van der Waals surface area contributed by atoms with Crippen molar-refractivity contribution in [2.45, 2.75) is 25.8 Å². The highest BCUT2D eigenvalue weighted by Gasteiger charge is 2.26. The first-order valence-corrected chi connectivity index (χ1v) is 7.15. The zero-order valence-electron chi connectivity index (χ0n) is 12.5. The first-order chi connectivity index (χ1) is 9.95. The average Bonchev–Trinajstić information content (AvgIpc) is 2.83. The van der Waals surface area contributed by atoms with Crippen LogP contribution in [-0.2, 0) is 18.4 Å². The van der Waals surface area contributed by atoms with Gasteiger partial charge in [0.15, 0.2) is 0 Å². The van der Waals surface area contributed by atoms with Crippen molar-refractivity contribution in [2.24, 2.45) is 13.0 Å². The van der Waals surface area contributed by atoms with E-state index in [-0.39, 0.29) is 18.4 Å². The van der Waals surface area contributed by atoms with E-state index in [1.165, 1.54) is 0 Å². The van der Waals surface area contributed by atoms with Crippen LogP contribution in [0.1, 0.15) is 24.8 Å². The average molecular weight is 294 g/mol. The summed E-state index contributed by atoms with van der Waals surface area (Å²) in [7, 11) is 3.62. The van der Waals surface area contributed by atoms with Gasteiger partial charge in [-0.25, -0.2) is 4.79 Å². The number of carbonyl (C=O) groups excluding carboxylic acids is 1. The second-order valence-corrected chi connectivity index (χ2v) is 5.69. The molecule has 2 heterocycles. The van der Waals surface area contributed by atoms with Gasteiger partial charge in [-0.15, -0.1) is 0 Å². The minimum Gasteiger partial charge on any atom is -0.481 e. The van der Waals surface area contributed by atoms with E-state index in [0.29, 0.717) is 19.6 Å². The smallest absolute Gasteiger partial charge is 0.320 e. The summed E-state index contributed by atoms with van der Waals surface area (Å²) in [5.41, 5.74) is 0.995. The van der Waals surface area contributed by atoms with Gasteiger partial charge in [0, 0.05) is 45.4 Å². The van der Waals surface area contributed by atoms with E-state index in [1.54, 1.807) is 27.7 Å². The van der Waals surface area contributed by atoms with Crippen LogP contribution in [0, 0.1) is 5.92 Å². The number of rotatable bonds is 4. The number of likely N-dealkylation sites (tertiary alicyclic amines) is 1. The largest absolute Gasteiger partial charge is 0.481 e. The Hall–Kier alpha value is -2.05. The van der Waals surface area contributed by atoms with Gasteiger partial charge in [-0.1, -0.05) is 0 Å². The van der Waals surface area contributed by atoms with Crippen LogP contribution in [0.5, 0.6) is 0 Å². The zero-order chi connectivity index (χ0) is 15.4. The number of nitrogens with zero attached hydrogens (tertiary/aromatic N) is 4. The molecule has 0 radical (unpaired) electrons. The highest BCUT2D eigenvalue weighted by molar-refractivity contribution is 5.74. The summed E-state index contributed by atoms with van der Waals surface area (Å²) in [5, 5.41) is 12.9. The van der Waals surface area contributed by atoms with E-state index < -0.39 is 5.97 Å². The van der Waals surface area contributed by atoms with Gasteiger partial charge in [-0.05, 0) is 18.8 Å². The Morgan fingerprint density at radius 2 is 2.10 bits per heavy atom. The molecule has 0 saturated carbocycles. The van der Waals surface area contributed by atoms with Crippen molar-refractivity contribution in [1.29, 1.82) is 0 Å². The molecule has 116 valence electrons. The summed E-state index contributed by atoms with van der Waals surface area (Å²) in [6, 6.07) is -0.00683. The van der Waals surface area contributed by atoms with Crippen LogP contribution < -0.4 is 0 Å². The van der Waals surface area contributed by atoms with Crippen molar-refractivity contribution in [1.82, 2.24) is 19.6 Å². The molecular formula is C14H22N4O3. The minimum atomic E-state index is -0.756. The zero-order valence-corrected chi connectivity index (χ0v) is 12.5. The number of aromatic nitrogens is 2. The SMILES string of the molecule is CN(Cc1cnn(C)c1)C(=O)N1CCC(CC(=O)O)CC1. The number of aryl methyl sites for hydroxylation is 1. The summed E-state index contributed by atoms with van der Waals surface area (Å²) in [6.45, 7) is 1.80. The molecule has 0 unspecified atom stereocenters. The van der Waals surface area contributed by atoms with Gasteiger partial charge in [0.25, 0.3) is 0 Å². The molecule has 1 fully saturated rings. The van der Waals surface area contributed by atoms with E-state index in [9.17, 15) is 9.59 Å². The predicted octanol–water partition coefficient (Wildman–Crippen LogP) is 1.16. The van der Waals surface area contributed by atoms with Crippen molar-refractivity contribution in [3.63, 3.8) is 0 Å². The number of hydrogen-bond acceptors (Lipinski definition) is 3. The molecule has 0 aromatic carbocycles. The molecule has 1 N–H and O–H groups in total. The molecule has 1 aliphatic rings. The molecule has 7 heteroatoms. The van der Waals surface area contributed by atoms with Crippen molar-refractivity contribution in [2.75, 3.05) is 20.1 Å². The Bertz CT molecular complexity index is 506. The van der Waals surface area contributed by atoms with Crippen molar-refractivity contribution in [3.8, 4) is 0 Å². The fourth-order valence-corrected chi connectivity index (χ4v) is 2.71. The van der Waals surface area contributed by atoms with Crippen LogP contribution in [0.4, 0.5) is 4.79 Å². The minimum absolute atomic E-state index is 0.00683. The summed E-state index contributed by atoms with van der Waals surface area (Å²) in [5.74, 6) is -0.566. The topological polar surface area (TPSA) is 78.7 Å². The number of aliphatic carboxylic acids is 1. The second-order valence-electron chi connectivity index (χ2n) is 5.69. The van der Waals surface area contributed by atoms with Crippen LogP contribution in [0.3, 0.4) is 0 Å². The quantitative estimate of drug-likeness (QED) is 0.903. The van der Waals surface area contributed by atoms with Crippen molar-refractivity contribution in [3.05, 3.63) is 18.0 Å². The van der Waals surface area contributed by atoms with Gasteiger partial charge < -0.3 is 14.9 Å². The maximum absolute atomic E-state index is 12.3. The molecule has 1 aromatic rings. The van der Waals surface area contributed by atoms with Gasteiger partial charge in [-0.3, -0.25) is 9.48 Å². The van der Waals surface area contributed by atoms with Crippen molar-refractivity contribution >= 4 is 12.0 Å². The lowest BCUT2D eigenvalue weighted by Crippen LogP contribution is -2.45.